The molecule has 3 rings (SSSR count). The van der Waals surface area contributed by atoms with Crippen LogP contribution in [0, 0.1) is 0 Å². The van der Waals surface area contributed by atoms with Gasteiger partial charge in [-0.3, -0.25) is 13.9 Å². The van der Waals surface area contributed by atoms with Gasteiger partial charge in [0.15, 0.2) is 11.5 Å². The van der Waals surface area contributed by atoms with Gasteiger partial charge in [-0.15, -0.1) is 0 Å². The number of ether oxygens (including phenoxy) is 3. The lowest BCUT2D eigenvalue weighted by Gasteiger charge is -2.24. The van der Waals surface area contributed by atoms with Gasteiger partial charge >= 0.3 is 0 Å². The third-order valence-electron chi connectivity index (χ3n) is 5.04. The Morgan fingerprint density at radius 3 is 2.03 bits per heavy atom. The van der Waals surface area contributed by atoms with Crippen LogP contribution in [0.4, 0.5) is 11.4 Å². The minimum absolute atomic E-state index is 0.0930. The van der Waals surface area contributed by atoms with Gasteiger partial charge in [-0.1, -0.05) is 0 Å². The molecule has 11 heteroatoms. The van der Waals surface area contributed by atoms with E-state index in [2.05, 4.69) is 5.32 Å². The van der Waals surface area contributed by atoms with Crippen molar-refractivity contribution < 1.29 is 32.2 Å². The summed E-state index contributed by atoms with van der Waals surface area (Å²) in [5.74, 6) is -0.0932. The molecule has 3 aromatic rings. The maximum atomic E-state index is 13.6. The summed E-state index contributed by atoms with van der Waals surface area (Å²) in [5.41, 5.74) is 6.13. The molecule has 35 heavy (non-hydrogen) atoms. The highest BCUT2D eigenvalue weighted by molar-refractivity contribution is 7.92. The fraction of sp³-hybridized carbons (Fsp3) is 0.167. The maximum Gasteiger partial charge on any atom is 0.264 e. The molecule has 0 aliphatic heterocycles. The van der Waals surface area contributed by atoms with E-state index in [1.165, 1.54) is 75.9 Å². The van der Waals surface area contributed by atoms with Crippen LogP contribution in [0.1, 0.15) is 10.4 Å². The molecule has 0 aromatic heterocycles. The lowest BCUT2D eigenvalue weighted by molar-refractivity contribution is -0.114. The van der Waals surface area contributed by atoms with Gasteiger partial charge in [0.2, 0.25) is 11.8 Å². The van der Waals surface area contributed by atoms with E-state index >= 15 is 0 Å². The second-order valence-corrected chi connectivity index (χ2v) is 9.08. The van der Waals surface area contributed by atoms with Crippen LogP contribution in [0.3, 0.4) is 0 Å². The van der Waals surface area contributed by atoms with E-state index in [0.717, 1.165) is 4.31 Å². The highest BCUT2D eigenvalue weighted by atomic mass is 32.2. The van der Waals surface area contributed by atoms with Crippen molar-refractivity contribution in [2.24, 2.45) is 5.73 Å². The van der Waals surface area contributed by atoms with Crippen molar-refractivity contribution >= 4 is 33.2 Å². The Morgan fingerprint density at radius 1 is 0.857 bits per heavy atom. The Morgan fingerprint density at radius 2 is 1.49 bits per heavy atom. The molecule has 0 aliphatic carbocycles. The first-order valence-corrected chi connectivity index (χ1v) is 11.7. The minimum Gasteiger partial charge on any atom is -0.497 e. The summed E-state index contributed by atoms with van der Waals surface area (Å²) in [6.45, 7) is -0.527. The first-order chi connectivity index (χ1) is 16.7. The molecule has 0 heterocycles. The van der Waals surface area contributed by atoms with Crippen LogP contribution in [-0.4, -0.2) is 48.1 Å². The molecular weight excluding hydrogens is 474 g/mol. The van der Waals surface area contributed by atoms with Gasteiger partial charge in [0.25, 0.3) is 10.0 Å². The fourth-order valence-electron chi connectivity index (χ4n) is 3.22. The number of amides is 2. The third kappa shape index (κ3) is 5.82. The Bertz CT molecular complexity index is 1310. The van der Waals surface area contributed by atoms with Gasteiger partial charge in [0.05, 0.1) is 31.9 Å². The molecular formula is C24H25N3O7S. The van der Waals surface area contributed by atoms with Crippen LogP contribution in [0.5, 0.6) is 17.2 Å². The van der Waals surface area contributed by atoms with Crippen molar-refractivity contribution in [2.45, 2.75) is 4.90 Å². The van der Waals surface area contributed by atoms with Crippen molar-refractivity contribution in [2.75, 3.05) is 37.5 Å². The van der Waals surface area contributed by atoms with Gasteiger partial charge in [-0.05, 0) is 60.7 Å². The zero-order valence-electron chi connectivity index (χ0n) is 19.3. The molecule has 3 N–H and O–H groups in total. The number of sulfonamides is 1. The van der Waals surface area contributed by atoms with E-state index in [-0.39, 0.29) is 21.9 Å². The zero-order chi connectivity index (χ0) is 25.6. The molecule has 0 saturated heterocycles. The summed E-state index contributed by atoms with van der Waals surface area (Å²) in [5, 5.41) is 2.63. The van der Waals surface area contributed by atoms with Crippen molar-refractivity contribution in [3.05, 3.63) is 72.3 Å². The van der Waals surface area contributed by atoms with E-state index in [1.807, 2.05) is 0 Å². The Kier molecular flexibility index (Phi) is 7.82. The Hall–Kier alpha value is -4.25. The second kappa shape index (κ2) is 10.8. The number of nitrogens with one attached hydrogen (secondary N) is 1. The average Bonchev–Trinajstić information content (AvgIpc) is 2.87. The van der Waals surface area contributed by atoms with Gasteiger partial charge in [0.1, 0.15) is 12.3 Å². The molecule has 0 aliphatic rings. The predicted octanol–water partition coefficient (Wildman–Crippen LogP) is 2.65. The largest absolute Gasteiger partial charge is 0.497 e. The fourth-order valence-corrected chi connectivity index (χ4v) is 4.65. The Labute approximate surface area is 203 Å². The molecule has 0 saturated carbocycles. The maximum absolute atomic E-state index is 13.6. The first kappa shape index (κ1) is 25.4. The molecule has 3 aromatic carbocycles. The van der Waals surface area contributed by atoms with Gasteiger partial charge in [-0.2, -0.15) is 0 Å². The lowest BCUT2D eigenvalue weighted by Crippen LogP contribution is -2.38. The summed E-state index contributed by atoms with van der Waals surface area (Å²) in [6, 6.07) is 16.3. The monoisotopic (exact) mass is 499 g/mol. The molecule has 0 radical (unpaired) electrons. The van der Waals surface area contributed by atoms with Crippen molar-refractivity contribution in [1.29, 1.82) is 0 Å². The number of carbonyl (C=O) groups excluding carboxylic acids is 2. The molecule has 0 spiro atoms. The van der Waals surface area contributed by atoms with Crippen LogP contribution >= 0.6 is 0 Å². The topological polar surface area (TPSA) is 137 Å². The van der Waals surface area contributed by atoms with E-state index in [4.69, 9.17) is 19.9 Å². The number of primary amides is 1. The number of rotatable bonds is 10. The predicted molar refractivity (Wildman–Crippen MR) is 131 cm³/mol. The van der Waals surface area contributed by atoms with E-state index in [1.54, 1.807) is 12.1 Å². The van der Waals surface area contributed by atoms with Gasteiger partial charge in [-0.25, -0.2) is 8.42 Å². The van der Waals surface area contributed by atoms with Crippen LogP contribution in [0.25, 0.3) is 0 Å². The van der Waals surface area contributed by atoms with Crippen LogP contribution in [0.2, 0.25) is 0 Å². The normalized spacial score (nSPS) is 10.8. The van der Waals surface area contributed by atoms with Crippen molar-refractivity contribution in [3.63, 3.8) is 0 Å². The summed E-state index contributed by atoms with van der Waals surface area (Å²) < 4.78 is 43.8. The van der Waals surface area contributed by atoms with E-state index < -0.39 is 28.4 Å². The van der Waals surface area contributed by atoms with E-state index in [0.29, 0.717) is 17.2 Å². The molecule has 0 bridgehead atoms. The zero-order valence-corrected chi connectivity index (χ0v) is 20.2. The number of benzene rings is 3. The number of nitrogens with zero attached hydrogens (tertiary/aromatic N) is 1. The summed E-state index contributed by atoms with van der Waals surface area (Å²) >= 11 is 0. The Balaban J connectivity index is 1.95. The lowest BCUT2D eigenvalue weighted by atomic mass is 10.2. The quantitative estimate of drug-likeness (QED) is 0.437. The molecule has 10 nitrogen and oxygen atoms in total. The van der Waals surface area contributed by atoms with Crippen molar-refractivity contribution in [3.8, 4) is 17.2 Å². The number of carbonyl (C=O) groups is 2. The highest BCUT2D eigenvalue weighted by Crippen LogP contribution is 2.32. The van der Waals surface area contributed by atoms with E-state index in [9.17, 15) is 18.0 Å². The molecule has 0 fully saturated rings. The minimum atomic E-state index is -4.20. The molecule has 2 amide bonds. The van der Waals surface area contributed by atoms with Gasteiger partial charge < -0.3 is 25.3 Å². The number of nitrogens with two attached hydrogens (primary N) is 1. The summed E-state index contributed by atoms with van der Waals surface area (Å²) in [7, 11) is 0.124. The third-order valence-corrected chi connectivity index (χ3v) is 6.81. The van der Waals surface area contributed by atoms with Crippen LogP contribution < -0.4 is 29.6 Å². The molecule has 0 atom stereocenters. The molecule has 0 unspecified atom stereocenters. The average molecular weight is 500 g/mol. The number of methoxy groups -OCH3 is 3. The van der Waals surface area contributed by atoms with Crippen molar-refractivity contribution in [1.82, 2.24) is 0 Å². The number of anilines is 2. The smallest absolute Gasteiger partial charge is 0.264 e. The number of hydrogen-bond acceptors (Lipinski definition) is 7. The first-order valence-electron chi connectivity index (χ1n) is 10.3. The molecule has 184 valence electrons. The SMILES string of the molecule is COc1ccc(N(CC(=O)Nc2ccc(C(N)=O)cc2)S(=O)(=O)c2ccc(OC)c(OC)c2)cc1. The van der Waals surface area contributed by atoms with Gasteiger partial charge in [0, 0.05) is 17.3 Å². The van der Waals surface area contributed by atoms with Crippen LogP contribution in [0.15, 0.2) is 71.6 Å². The highest BCUT2D eigenvalue weighted by Gasteiger charge is 2.28. The number of hydrogen-bond donors (Lipinski definition) is 2. The second-order valence-electron chi connectivity index (χ2n) is 7.22. The standard InChI is InChI=1S/C24H25N3O7S/c1-32-19-10-8-18(9-11-19)27(15-23(28)26-17-6-4-16(5-7-17)24(25)29)35(30,31)20-12-13-21(33-2)22(14-20)34-3/h4-14H,15H2,1-3H3,(H2,25,29)(H,26,28). The summed E-state index contributed by atoms with van der Waals surface area (Å²) in [4.78, 5) is 24.0. The van der Waals surface area contributed by atoms with Crippen LogP contribution in [-0.2, 0) is 14.8 Å². The summed E-state index contributed by atoms with van der Waals surface area (Å²) in [6.07, 6.45) is 0.